The Bertz CT molecular complexity index is 1070. The van der Waals surface area contributed by atoms with Gasteiger partial charge in [0.25, 0.3) is 0 Å². The summed E-state index contributed by atoms with van der Waals surface area (Å²) in [5.41, 5.74) is 1.07. The molecule has 4 aromatic rings. The molecular formula is C18H10ClF3N4. The molecule has 0 aliphatic heterocycles. The van der Waals surface area contributed by atoms with Crippen molar-refractivity contribution >= 4 is 17.2 Å². The smallest absolute Gasteiger partial charge is 0.209 e. The first kappa shape index (κ1) is 16.5. The van der Waals surface area contributed by atoms with E-state index in [-0.39, 0.29) is 0 Å². The number of halogens is 4. The van der Waals surface area contributed by atoms with Crippen LogP contribution in [0.25, 0.3) is 28.4 Å². The SMILES string of the molecule is FC(F)(F)c1ccc(-c2nc(-c3ccc(Cl)cc3)nc3ccnn23)cc1. The van der Waals surface area contributed by atoms with E-state index in [2.05, 4.69) is 15.1 Å². The van der Waals surface area contributed by atoms with Gasteiger partial charge in [0, 0.05) is 22.2 Å². The summed E-state index contributed by atoms with van der Waals surface area (Å²) in [5, 5.41) is 4.75. The second-order valence-corrected chi connectivity index (χ2v) is 5.99. The fourth-order valence-electron chi connectivity index (χ4n) is 2.55. The van der Waals surface area contributed by atoms with Gasteiger partial charge in [-0.25, -0.2) is 9.97 Å². The Kier molecular flexibility index (Phi) is 3.88. The second kappa shape index (κ2) is 6.10. The van der Waals surface area contributed by atoms with Gasteiger partial charge in [-0.05, 0) is 36.4 Å². The zero-order valence-corrected chi connectivity index (χ0v) is 13.8. The van der Waals surface area contributed by atoms with Gasteiger partial charge in [0.15, 0.2) is 17.3 Å². The van der Waals surface area contributed by atoms with Crippen molar-refractivity contribution in [2.75, 3.05) is 0 Å². The predicted molar refractivity (Wildman–Crippen MR) is 91.7 cm³/mol. The Hall–Kier alpha value is -2.93. The van der Waals surface area contributed by atoms with E-state index in [1.165, 1.54) is 16.6 Å². The van der Waals surface area contributed by atoms with Gasteiger partial charge in [-0.1, -0.05) is 23.7 Å². The van der Waals surface area contributed by atoms with Gasteiger partial charge in [0.1, 0.15) is 0 Å². The van der Waals surface area contributed by atoms with E-state index >= 15 is 0 Å². The van der Waals surface area contributed by atoms with E-state index in [9.17, 15) is 13.2 Å². The van der Waals surface area contributed by atoms with Crippen LogP contribution in [0.2, 0.25) is 5.02 Å². The fraction of sp³-hybridized carbons (Fsp3) is 0.0556. The number of fused-ring (bicyclic) bond motifs is 1. The quantitative estimate of drug-likeness (QED) is 0.488. The predicted octanol–water partition coefficient (Wildman–Crippen LogP) is 5.13. The van der Waals surface area contributed by atoms with Crippen molar-refractivity contribution < 1.29 is 13.2 Å². The van der Waals surface area contributed by atoms with Gasteiger partial charge in [-0.2, -0.15) is 22.8 Å². The molecule has 2 heterocycles. The van der Waals surface area contributed by atoms with Crippen LogP contribution in [0.4, 0.5) is 13.2 Å². The highest BCUT2D eigenvalue weighted by Gasteiger charge is 2.30. The van der Waals surface area contributed by atoms with Crippen LogP contribution in [-0.4, -0.2) is 19.6 Å². The van der Waals surface area contributed by atoms with Gasteiger partial charge in [0.05, 0.1) is 11.8 Å². The van der Waals surface area contributed by atoms with Gasteiger partial charge in [0.2, 0.25) is 0 Å². The van der Waals surface area contributed by atoms with Crippen LogP contribution in [0.15, 0.2) is 60.8 Å². The van der Waals surface area contributed by atoms with Gasteiger partial charge < -0.3 is 0 Å². The molecule has 0 atom stereocenters. The van der Waals surface area contributed by atoms with Crippen LogP contribution in [0.3, 0.4) is 0 Å². The molecule has 0 saturated carbocycles. The molecule has 0 radical (unpaired) electrons. The maximum Gasteiger partial charge on any atom is 0.416 e. The summed E-state index contributed by atoms with van der Waals surface area (Å²) in [5.74, 6) is 0.836. The molecular weight excluding hydrogens is 365 g/mol. The summed E-state index contributed by atoms with van der Waals surface area (Å²) in [6.07, 6.45) is -2.83. The van der Waals surface area contributed by atoms with E-state index in [0.29, 0.717) is 27.9 Å². The van der Waals surface area contributed by atoms with Crippen LogP contribution in [-0.2, 0) is 6.18 Å². The molecule has 2 aromatic heterocycles. The summed E-state index contributed by atoms with van der Waals surface area (Å²) in [4.78, 5) is 8.94. The molecule has 2 aromatic carbocycles. The molecule has 0 N–H and O–H groups in total. The number of alkyl halides is 3. The van der Waals surface area contributed by atoms with Crippen molar-refractivity contribution in [2.45, 2.75) is 6.18 Å². The normalized spacial score (nSPS) is 11.8. The van der Waals surface area contributed by atoms with Gasteiger partial charge in [-0.15, -0.1) is 0 Å². The molecule has 0 fully saturated rings. The van der Waals surface area contributed by atoms with Gasteiger partial charge >= 0.3 is 6.18 Å². The number of nitrogens with zero attached hydrogens (tertiary/aromatic N) is 4. The lowest BCUT2D eigenvalue weighted by molar-refractivity contribution is -0.137. The Morgan fingerprint density at radius 3 is 2.12 bits per heavy atom. The minimum absolute atomic E-state index is 0.402. The van der Waals surface area contributed by atoms with Crippen LogP contribution in [0.1, 0.15) is 5.56 Å². The molecule has 0 bridgehead atoms. The topological polar surface area (TPSA) is 43.1 Å². The van der Waals surface area contributed by atoms with E-state index in [1.807, 2.05) is 0 Å². The van der Waals surface area contributed by atoms with Crippen LogP contribution in [0.5, 0.6) is 0 Å². The highest BCUT2D eigenvalue weighted by molar-refractivity contribution is 6.30. The van der Waals surface area contributed by atoms with E-state index < -0.39 is 11.7 Å². The highest BCUT2D eigenvalue weighted by Crippen LogP contribution is 2.31. The molecule has 130 valence electrons. The fourth-order valence-corrected chi connectivity index (χ4v) is 2.67. The number of rotatable bonds is 2. The maximum absolute atomic E-state index is 12.8. The molecule has 0 unspecified atom stereocenters. The number of hydrogen-bond acceptors (Lipinski definition) is 3. The average Bonchev–Trinajstić information content (AvgIpc) is 3.09. The van der Waals surface area contributed by atoms with E-state index in [4.69, 9.17) is 11.6 Å². The van der Waals surface area contributed by atoms with E-state index in [1.54, 1.807) is 36.5 Å². The summed E-state index contributed by atoms with van der Waals surface area (Å²) < 4.78 is 39.9. The summed E-state index contributed by atoms with van der Waals surface area (Å²) in [7, 11) is 0. The first-order valence-corrected chi connectivity index (χ1v) is 7.95. The summed E-state index contributed by atoms with van der Waals surface area (Å²) >= 11 is 5.91. The molecule has 0 amide bonds. The molecule has 0 spiro atoms. The standard InChI is InChI=1S/C18H10ClF3N4/c19-14-7-3-11(4-8-14)16-24-15-9-10-23-26(15)17(25-16)12-1-5-13(6-2-12)18(20,21)22/h1-10H. The van der Waals surface area contributed by atoms with Crippen LogP contribution >= 0.6 is 11.6 Å². The lowest BCUT2D eigenvalue weighted by Gasteiger charge is -2.10. The molecule has 0 saturated heterocycles. The summed E-state index contributed by atoms with van der Waals surface area (Å²) in [6, 6.07) is 13.5. The van der Waals surface area contributed by atoms with Gasteiger partial charge in [-0.3, -0.25) is 0 Å². The minimum Gasteiger partial charge on any atom is -0.209 e. The van der Waals surface area contributed by atoms with E-state index in [0.717, 1.165) is 17.7 Å². The molecule has 4 rings (SSSR count). The Morgan fingerprint density at radius 1 is 0.808 bits per heavy atom. The largest absolute Gasteiger partial charge is 0.416 e. The first-order chi connectivity index (χ1) is 12.4. The zero-order valence-electron chi connectivity index (χ0n) is 13.1. The number of benzene rings is 2. The molecule has 4 nitrogen and oxygen atoms in total. The van der Waals surface area contributed by atoms with Crippen LogP contribution < -0.4 is 0 Å². The number of hydrogen-bond donors (Lipinski definition) is 0. The minimum atomic E-state index is -4.39. The van der Waals surface area contributed by atoms with Crippen LogP contribution in [0, 0.1) is 0 Å². The summed E-state index contributed by atoms with van der Waals surface area (Å²) in [6.45, 7) is 0. The molecule has 8 heteroatoms. The highest BCUT2D eigenvalue weighted by atomic mass is 35.5. The van der Waals surface area contributed by atoms with Crippen molar-refractivity contribution in [3.63, 3.8) is 0 Å². The molecule has 0 aliphatic rings. The Morgan fingerprint density at radius 2 is 1.46 bits per heavy atom. The third kappa shape index (κ3) is 3.01. The first-order valence-electron chi connectivity index (χ1n) is 7.57. The van der Waals surface area contributed by atoms with Crippen molar-refractivity contribution in [1.29, 1.82) is 0 Å². The van der Waals surface area contributed by atoms with Crippen molar-refractivity contribution in [3.8, 4) is 22.8 Å². The monoisotopic (exact) mass is 374 g/mol. The lowest BCUT2D eigenvalue weighted by atomic mass is 10.1. The zero-order chi connectivity index (χ0) is 18.3. The second-order valence-electron chi connectivity index (χ2n) is 5.55. The molecule has 0 aliphatic carbocycles. The average molecular weight is 375 g/mol. The van der Waals surface area contributed by atoms with Crippen molar-refractivity contribution in [1.82, 2.24) is 19.6 Å². The third-order valence-corrected chi connectivity index (χ3v) is 4.08. The third-order valence-electron chi connectivity index (χ3n) is 3.83. The maximum atomic E-state index is 12.8. The number of aromatic nitrogens is 4. The molecule has 26 heavy (non-hydrogen) atoms. The Labute approximate surface area is 150 Å². The Balaban J connectivity index is 1.86. The van der Waals surface area contributed by atoms with Crippen molar-refractivity contribution in [3.05, 3.63) is 71.4 Å². The lowest BCUT2D eigenvalue weighted by Crippen LogP contribution is -2.05. The van der Waals surface area contributed by atoms with Crippen molar-refractivity contribution in [2.24, 2.45) is 0 Å².